The molecule has 3 aromatic rings. The van der Waals surface area contributed by atoms with Gasteiger partial charge < -0.3 is 14.4 Å². The number of nitro benzene ring substituents is 1. The fourth-order valence-electron chi connectivity index (χ4n) is 3.71. The van der Waals surface area contributed by atoms with Crippen LogP contribution in [0.15, 0.2) is 78.9 Å². The molecule has 1 aliphatic heterocycles. The number of carbonyl (C=O) groups is 1. The number of ether oxygens (including phenoxy) is 2. The van der Waals surface area contributed by atoms with Gasteiger partial charge in [0.05, 0.1) is 11.5 Å². The molecule has 7 nitrogen and oxygen atoms in total. The van der Waals surface area contributed by atoms with Gasteiger partial charge in [0.2, 0.25) is 5.91 Å². The second-order valence-corrected chi connectivity index (χ2v) is 7.71. The predicted molar refractivity (Wildman–Crippen MR) is 124 cm³/mol. The second-order valence-electron chi connectivity index (χ2n) is 7.71. The molecule has 1 aliphatic rings. The van der Waals surface area contributed by atoms with Gasteiger partial charge >= 0.3 is 0 Å². The normalized spacial score (nSPS) is 12.7. The van der Waals surface area contributed by atoms with Crippen molar-refractivity contribution in [3.05, 3.63) is 111 Å². The van der Waals surface area contributed by atoms with E-state index in [4.69, 9.17) is 9.47 Å². The smallest absolute Gasteiger partial charge is 0.270 e. The van der Waals surface area contributed by atoms with E-state index >= 15 is 0 Å². The highest BCUT2D eigenvalue weighted by Gasteiger charge is 2.20. The van der Waals surface area contributed by atoms with E-state index in [2.05, 4.69) is 0 Å². The fourth-order valence-corrected chi connectivity index (χ4v) is 3.71. The van der Waals surface area contributed by atoms with Gasteiger partial charge in [-0.05, 0) is 23.6 Å². The maximum atomic E-state index is 13.2. The van der Waals surface area contributed by atoms with Crippen LogP contribution in [0.5, 0.6) is 5.75 Å². The van der Waals surface area contributed by atoms with Gasteiger partial charge in [-0.1, -0.05) is 60.7 Å². The Morgan fingerprint density at radius 3 is 2.42 bits per heavy atom. The summed E-state index contributed by atoms with van der Waals surface area (Å²) >= 11 is 0. The number of rotatable bonds is 8. The fraction of sp³-hybridized carbons (Fsp3) is 0.192. The Hall–Kier alpha value is -3.97. The number of hydrogen-bond donors (Lipinski definition) is 0. The van der Waals surface area contributed by atoms with Crippen LogP contribution in [0.1, 0.15) is 22.3 Å². The van der Waals surface area contributed by atoms with Crippen molar-refractivity contribution < 1.29 is 19.2 Å². The molecule has 3 aromatic carbocycles. The highest BCUT2D eigenvalue weighted by atomic mass is 16.7. The SMILES string of the molecule is O=C(/C=C/c1cc([N+](=O)[O-])cc2c1OCOC2)N(CCc1ccccc1)Cc1ccccc1. The van der Waals surface area contributed by atoms with Crippen molar-refractivity contribution in [2.24, 2.45) is 0 Å². The number of hydrogen-bond acceptors (Lipinski definition) is 5. The van der Waals surface area contributed by atoms with E-state index in [1.54, 1.807) is 11.0 Å². The maximum absolute atomic E-state index is 13.2. The summed E-state index contributed by atoms with van der Waals surface area (Å²) in [5.41, 5.74) is 3.18. The second kappa shape index (κ2) is 10.6. The average Bonchev–Trinajstić information content (AvgIpc) is 2.86. The lowest BCUT2D eigenvalue weighted by atomic mass is 10.1. The molecule has 0 aromatic heterocycles. The monoisotopic (exact) mass is 444 g/mol. The molecule has 4 rings (SSSR count). The highest BCUT2D eigenvalue weighted by molar-refractivity contribution is 5.92. The summed E-state index contributed by atoms with van der Waals surface area (Å²) in [4.78, 5) is 25.8. The summed E-state index contributed by atoms with van der Waals surface area (Å²) in [6.45, 7) is 1.30. The number of non-ortho nitro benzene ring substituents is 1. The quantitative estimate of drug-likeness (QED) is 0.285. The first-order chi connectivity index (χ1) is 16.1. The summed E-state index contributed by atoms with van der Waals surface area (Å²) in [5, 5.41) is 11.3. The van der Waals surface area contributed by atoms with Gasteiger partial charge in [-0.3, -0.25) is 14.9 Å². The van der Waals surface area contributed by atoms with Crippen LogP contribution in [-0.2, 0) is 29.1 Å². The van der Waals surface area contributed by atoms with Crippen LogP contribution >= 0.6 is 0 Å². The molecule has 7 heteroatoms. The van der Waals surface area contributed by atoms with Gasteiger partial charge in [-0.2, -0.15) is 0 Å². The molecule has 33 heavy (non-hydrogen) atoms. The number of benzene rings is 3. The van der Waals surface area contributed by atoms with Crippen molar-refractivity contribution in [2.45, 2.75) is 19.6 Å². The van der Waals surface area contributed by atoms with Crippen LogP contribution in [0.3, 0.4) is 0 Å². The Balaban J connectivity index is 1.56. The zero-order valence-electron chi connectivity index (χ0n) is 18.1. The molecule has 0 N–H and O–H groups in total. The van der Waals surface area contributed by atoms with E-state index in [1.165, 1.54) is 18.2 Å². The van der Waals surface area contributed by atoms with Crippen molar-refractivity contribution in [3.8, 4) is 5.75 Å². The van der Waals surface area contributed by atoms with Crippen LogP contribution in [0.25, 0.3) is 6.08 Å². The summed E-state index contributed by atoms with van der Waals surface area (Å²) in [6, 6.07) is 22.6. The molecule has 0 aliphatic carbocycles. The van der Waals surface area contributed by atoms with Crippen LogP contribution < -0.4 is 4.74 Å². The van der Waals surface area contributed by atoms with E-state index < -0.39 is 4.92 Å². The van der Waals surface area contributed by atoms with Crippen molar-refractivity contribution in [2.75, 3.05) is 13.3 Å². The molecule has 0 bridgehead atoms. The Labute approximate surface area is 192 Å². The van der Waals surface area contributed by atoms with E-state index in [0.29, 0.717) is 30.0 Å². The van der Waals surface area contributed by atoms with Crippen molar-refractivity contribution in [1.29, 1.82) is 0 Å². The Morgan fingerprint density at radius 1 is 1.03 bits per heavy atom. The molecule has 0 fully saturated rings. The van der Waals surface area contributed by atoms with Crippen LogP contribution in [0.4, 0.5) is 5.69 Å². The van der Waals surface area contributed by atoms with Crippen LogP contribution in [0, 0.1) is 10.1 Å². The summed E-state index contributed by atoms with van der Waals surface area (Å²) in [6.07, 6.45) is 3.76. The molecule has 0 saturated carbocycles. The molecule has 0 atom stereocenters. The minimum Gasteiger partial charge on any atom is -0.467 e. The number of carbonyl (C=O) groups excluding carboxylic acids is 1. The lowest BCUT2D eigenvalue weighted by Crippen LogP contribution is -2.31. The Kier molecular flexibility index (Phi) is 7.12. The van der Waals surface area contributed by atoms with Crippen molar-refractivity contribution >= 4 is 17.7 Å². The topological polar surface area (TPSA) is 81.9 Å². The first kappa shape index (κ1) is 22.2. The van der Waals surface area contributed by atoms with E-state index in [1.807, 2.05) is 60.7 Å². The zero-order valence-corrected chi connectivity index (χ0v) is 18.1. The van der Waals surface area contributed by atoms with Gasteiger partial charge in [0.15, 0.2) is 6.79 Å². The van der Waals surface area contributed by atoms with Gasteiger partial charge in [0.1, 0.15) is 5.75 Å². The largest absolute Gasteiger partial charge is 0.467 e. The number of nitrogens with zero attached hydrogens (tertiary/aromatic N) is 2. The zero-order chi connectivity index (χ0) is 23.0. The molecule has 0 saturated heterocycles. The van der Waals surface area contributed by atoms with Crippen LogP contribution in [0.2, 0.25) is 0 Å². The molecule has 0 radical (unpaired) electrons. The maximum Gasteiger partial charge on any atom is 0.270 e. The molecule has 0 spiro atoms. The third-order valence-electron chi connectivity index (χ3n) is 5.38. The van der Waals surface area contributed by atoms with Gasteiger partial charge in [0, 0.05) is 42.4 Å². The number of nitro groups is 1. The lowest BCUT2D eigenvalue weighted by molar-refractivity contribution is -0.385. The number of amides is 1. The summed E-state index contributed by atoms with van der Waals surface area (Å²) in [7, 11) is 0. The van der Waals surface area contributed by atoms with E-state index in [0.717, 1.165) is 17.5 Å². The molecular formula is C26H24N2O5. The van der Waals surface area contributed by atoms with Crippen molar-refractivity contribution in [1.82, 2.24) is 4.90 Å². The van der Waals surface area contributed by atoms with Gasteiger partial charge in [-0.15, -0.1) is 0 Å². The standard InChI is InChI=1S/C26H24N2O5/c29-25(12-11-22-15-24(28(30)31)16-23-18-32-19-33-26(22)23)27(17-21-9-5-2-6-10-21)14-13-20-7-3-1-4-8-20/h1-12,15-16H,13-14,17-19H2/b12-11+. The first-order valence-corrected chi connectivity index (χ1v) is 10.7. The molecular weight excluding hydrogens is 420 g/mol. The molecule has 0 unspecified atom stereocenters. The Bertz CT molecular complexity index is 1150. The third-order valence-corrected chi connectivity index (χ3v) is 5.38. The summed E-state index contributed by atoms with van der Waals surface area (Å²) < 4.78 is 10.8. The lowest BCUT2D eigenvalue weighted by Gasteiger charge is -2.22. The Morgan fingerprint density at radius 2 is 1.73 bits per heavy atom. The highest BCUT2D eigenvalue weighted by Crippen LogP contribution is 2.33. The van der Waals surface area contributed by atoms with Crippen LogP contribution in [-0.4, -0.2) is 29.1 Å². The van der Waals surface area contributed by atoms with Crippen molar-refractivity contribution in [3.63, 3.8) is 0 Å². The number of fused-ring (bicyclic) bond motifs is 1. The third kappa shape index (κ3) is 5.84. The van der Waals surface area contributed by atoms with E-state index in [9.17, 15) is 14.9 Å². The summed E-state index contributed by atoms with van der Waals surface area (Å²) in [5.74, 6) is 0.330. The van der Waals surface area contributed by atoms with E-state index in [-0.39, 0.29) is 25.0 Å². The minimum atomic E-state index is -0.463. The molecule has 1 amide bonds. The first-order valence-electron chi connectivity index (χ1n) is 10.7. The predicted octanol–water partition coefficient (Wildman–Crippen LogP) is 4.75. The van der Waals surface area contributed by atoms with Gasteiger partial charge in [0.25, 0.3) is 5.69 Å². The minimum absolute atomic E-state index is 0.0663. The molecule has 1 heterocycles. The average molecular weight is 444 g/mol. The van der Waals surface area contributed by atoms with Gasteiger partial charge in [-0.25, -0.2) is 0 Å². The molecule has 168 valence electrons.